The second-order valence-electron chi connectivity index (χ2n) is 26.1. The standard InChI is InChI=1S/C32H41N3O7.C27H32F3N3O4.C13H13NO7/c1-32(2,15-9-16-33)22-35(31(38)41-20-24-12-7-4-8-13-24)19-27(36)26(18-23-10-5-3-6-11-23)34-30(37)42-28-21-40-29-25(28)14-17-39-29;1-26(2,14-9-15-31)19-33(25(36)37-18-21-12-7-4-8-13-21)17-23(34)22(32-24(35)27(28,29)30)16-20-10-5-3-6-11-20;15-13(20-9-3-1-8(2-4-9)14(16)17)21-11-7-19-12-10(11)5-6-18-12/h3-8,10-13,25-29,36H,9,14-15,17-22H2,1-2H3,(H,34,37);3-8,10-13,22-23,34H,9,14,16-19H2,1-2H3,(H,32,35);1-4,10-12H,5-7H2/t25-,26?,27+,28-,29+;22?,23-;10-,11-,12+/m010/s1. The van der Waals surface area contributed by atoms with Crippen LogP contribution in [0.1, 0.15) is 88.5 Å². The third kappa shape index (κ3) is 25.7. The lowest BCUT2D eigenvalue weighted by Gasteiger charge is -2.35. The zero-order chi connectivity index (χ0) is 72.2. The highest BCUT2D eigenvalue weighted by Crippen LogP contribution is 2.35. The largest absolute Gasteiger partial charge is 0.514 e. The second-order valence-corrected chi connectivity index (χ2v) is 26.1. The lowest BCUT2D eigenvalue weighted by atomic mass is 9.87. The third-order valence-electron chi connectivity index (χ3n) is 16.9. The molecule has 0 bridgehead atoms. The summed E-state index contributed by atoms with van der Waals surface area (Å²) in [6, 6.07) is 43.5. The Kier molecular flexibility index (Phi) is 29.8. The smallest absolute Gasteiger partial charge is 0.445 e. The maximum atomic E-state index is 13.3. The van der Waals surface area contributed by atoms with Crippen molar-refractivity contribution in [2.75, 3.05) is 52.6 Å². The molecule has 0 radical (unpaired) electrons. The minimum atomic E-state index is -5.14. The number of nitrogens with one attached hydrogen (secondary N) is 2. The van der Waals surface area contributed by atoms with Crippen molar-refractivity contribution >= 4 is 36.0 Å². The van der Waals surface area contributed by atoms with Crippen LogP contribution in [0.5, 0.6) is 5.75 Å². The molecule has 0 saturated carbocycles. The van der Waals surface area contributed by atoms with Crippen LogP contribution < -0.4 is 15.4 Å². The second kappa shape index (κ2) is 38.2. The predicted molar refractivity (Wildman–Crippen MR) is 353 cm³/mol. The Hall–Kier alpha value is -9.42. The monoisotopic (exact) mass is 1390 g/mol. The molecule has 4 amide bonds. The van der Waals surface area contributed by atoms with Gasteiger partial charge in [0.05, 0.1) is 92.7 Å². The molecule has 5 aromatic carbocycles. The van der Waals surface area contributed by atoms with Crippen LogP contribution in [-0.2, 0) is 68.7 Å². The summed E-state index contributed by atoms with van der Waals surface area (Å²) in [6.07, 6.45) is -8.83. The summed E-state index contributed by atoms with van der Waals surface area (Å²) in [4.78, 5) is 75.5. The molecule has 10 atom stereocenters. The van der Waals surface area contributed by atoms with E-state index in [2.05, 4.69) is 17.5 Å². The van der Waals surface area contributed by atoms with Gasteiger partial charge >= 0.3 is 36.5 Å². The molecule has 0 aliphatic carbocycles. The highest BCUT2D eigenvalue weighted by molar-refractivity contribution is 5.82. The van der Waals surface area contributed by atoms with Gasteiger partial charge in [0.2, 0.25) is 0 Å². The topological polar surface area (TPSA) is 330 Å². The number of ether oxygens (including phenoxy) is 9. The van der Waals surface area contributed by atoms with E-state index in [9.17, 15) is 57.5 Å². The van der Waals surface area contributed by atoms with Crippen molar-refractivity contribution in [3.05, 3.63) is 178 Å². The van der Waals surface area contributed by atoms with Gasteiger partial charge in [0.1, 0.15) is 31.2 Å². The summed E-state index contributed by atoms with van der Waals surface area (Å²) in [5.74, 6) is -1.98. The van der Waals surface area contributed by atoms with E-state index >= 15 is 0 Å². The number of benzene rings is 5. The summed E-state index contributed by atoms with van der Waals surface area (Å²) in [7, 11) is 0. The quantitative estimate of drug-likeness (QED) is 0.0119. The minimum Gasteiger partial charge on any atom is -0.445 e. The number of nitrogens with zero attached hydrogens (tertiary/aromatic N) is 5. The molecule has 4 aliphatic heterocycles. The van der Waals surface area contributed by atoms with Crippen LogP contribution in [0.2, 0.25) is 0 Å². The number of non-ortho nitro benzene ring substituents is 1. The van der Waals surface area contributed by atoms with Crippen molar-refractivity contribution in [3.63, 3.8) is 0 Å². The summed E-state index contributed by atoms with van der Waals surface area (Å²) in [6.45, 7) is 9.19. The highest BCUT2D eigenvalue weighted by atomic mass is 19.4. The van der Waals surface area contributed by atoms with Crippen LogP contribution >= 0.6 is 0 Å². The number of aliphatic hydroxyl groups is 2. The number of halogens is 3. The molecule has 28 heteroatoms. The number of hydrogen-bond donors (Lipinski definition) is 4. The van der Waals surface area contributed by atoms with Crippen LogP contribution in [0, 0.1) is 55.4 Å². The van der Waals surface area contributed by atoms with Gasteiger partial charge in [-0.2, -0.15) is 23.7 Å². The fourth-order valence-electron chi connectivity index (χ4n) is 11.6. The number of nitriles is 2. The van der Waals surface area contributed by atoms with E-state index in [0.717, 1.165) is 29.5 Å². The number of hydrogen-bond acceptors (Lipinski definition) is 20. The lowest BCUT2D eigenvalue weighted by Crippen LogP contribution is -2.54. The van der Waals surface area contributed by atoms with Gasteiger partial charge < -0.3 is 73.3 Å². The number of carbonyl (C=O) groups is 5. The van der Waals surface area contributed by atoms with Gasteiger partial charge in [-0.25, -0.2) is 19.2 Å². The highest BCUT2D eigenvalue weighted by Gasteiger charge is 2.46. The number of nitro groups is 1. The number of aliphatic hydroxyl groups excluding tert-OH is 2. The molecule has 2 unspecified atom stereocenters. The maximum absolute atomic E-state index is 13.3. The number of fused-ring (bicyclic) bond motifs is 2. The summed E-state index contributed by atoms with van der Waals surface area (Å²) in [5.41, 5.74) is 2.04. The van der Waals surface area contributed by atoms with E-state index in [1.54, 1.807) is 54.6 Å². The summed E-state index contributed by atoms with van der Waals surface area (Å²) < 4.78 is 87.7. The normalized spacial score (nSPS) is 19.4. The average molecular weight is 1390 g/mol. The molecule has 538 valence electrons. The molecule has 100 heavy (non-hydrogen) atoms. The predicted octanol–water partition coefficient (Wildman–Crippen LogP) is 10.9. The Morgan fingerprint density at radius 1 is 0.600 bits per heavy atom. The molecule has 9 rings (SSSR count). The SMILES string of the molecule is CC(C)(CCC#N)CN(C[C@@H](O)C(Cc1ccccc1)NC(=O)C(F)(F)F)C(=O)OCc1ccccc1.CC(C)(CCC#N)CN(C[C@@H](O)C(Cc1ccccc1)NC(=O)O[C@H]1CO[C@H]2OCC[C@H]21)C(=O)OCc1ccccc1.O=C(Oc1ccc([N+](=O)[O-])cc1)O[C@H]1CO[C@H]2OCC[C@H]21. The van der Waals surface area contributed by atoms with Crippen molar-refractivity contribution in [1.82, 2.24) is 20.4 Å². The van der Waals surface area contributed by atoms with Gasteiger partial charge in [0, 0.05) is 38.1 Å². The molecular formula is C72H86F3N7O18. The molecule has 5 aromatic rings. The van der Waals surface area contributed by atoms with Crippen molar-refractivity contribution in [3.8, 4) is 17.9 Å². The Morgan fingerprint density at radius 3 is 1.40 bits per heavy atom. The Labute approximate surface area is 578 Å². The number of carbonyl (C=O) groups excluding carboxylic acids is 5. The first kappa shape index (κ1) is 77.9. The maximum Gasteiger partial charge on any atom is 0.514 e. The fraction of sp³-hybridized carbons (Fsp3) is 0.486. The van der Waals surface area contributed by atoms with Crippen LogP contribution in [0.3, 0.4) is 0 Å². The first-order valence-corrected chi connectivity index (χ1v) is 32.8. The minimum absolute atomic E-state index is 0.0150. The molecule has 4 heterocycles. The molecule has 0 spiro atoms. The zero-order valence-corrected chi connectivity index (χ0v) is 56.2. The van der Waals surface area contributed by atoms with E-state index in [0.29, 0.717) is 44.5 Å². The van der Waals surface area contributed by atoms with Crippen LogP contribution in [0.4, 0.5) is 38.0 Å². The molecule has 4 fully saturated rings. The van der Waals surface area contributed by atoms with E-state index in [1.807, 2.05) is 99.7 Å². The zero-order valence-electron chi connectivity index (χ0n) is 56.2. The van der Waals surface area contributed by atoms with Crippen LogP contribution in [0.15, 0.2) is 146 Å². The van der Waals surface area contributed by atoms with Crippen molar-refractivity contribution in [1.29, 1.82) is 10.5 Å². The van der Waals surface area contributed by atoms with Crippen molar-refractivity contribution in [2.24, 2.45) is 22.7 Å². The number of nitro benzene ring substituents is 1. The molecule has 0 aromatic heterocycles. The van der Waals surface area contributed by atoms with Gasteiger partial charge in [-0.3, -0.25) is 14.9 Å². The number of alkyl halides is 3. The van der Waals surface area contributed by atoms with Gasteiger partial charge in [-0.1, -0.05) is 149 Å². The number of amides is 4. The summed E-state index contributed by atoms with van der Waals surface area (Å²) >= 11 is 0. The van der Waals surface area contributed by atoms with Gasteiger partial charge in [0.25, 0.3) is 5.69 Å². The van der Waals surface area contributed by atoms with E-state index in [4.69, 9.17) is 53.2 Å². The van der Waals surface area contributed by atoms with Crippen LogP contribution in [0.25, 0.3) is 0 Å². The molecule has 4 saturated heterocycles. The van der Waals surface area contributed by atoms with E-state index in [1.165, 1.54) is 34.1 Å². The Bertz CT molecular complexity index is 3480. The molecule has 4 aliphatic rings. The van der Waals surface area contributed by atoms with Crippen molar-refractivity contribution in [2.45, 2.75) is 148 Å². The lowest BCUT2D eigenvalue weighted by molar-refractivity contribution is -0.384. The molecule has 4 N–H and O–H groups in total. The average Bonchev–Trinajstić information content (AvgIpc) is 1.59. The molecular weight excluding hydrogens is 1310 g/mol. The first-order chi connectivity index (χ1) is 47.8. The number of alkyl carbamates (subject to hydrolysis) is 1. The Morgan fingerprint density at radius 2 is 1.00 bits per heavy atom. The van der Waals surface area contributed by atoms with Gasteiger partial charge in [0.15, 0.2) is 12.6 Å². The third-order valence-corrected chi connectivity index (χ3v) is 16.9. The van der Waals surface area contributed by atoms with Crippen LogP contribution in [-0.4, -0.2) is 163 Å². The summed E-state index contributed by atoms with van der Waals surface area (Å²) in [5, 5.41) is 55.8. The Balaban J connectivity index is 0.000000221. The first-order valence-electron chi connectivity index (χ1n) is 32.8. The van der Waals surface area contributed by atoms with Crippen molar-refractivity contribution < 1.29 is 94.9 Å². The van der Waals surface area contributed by atoms with Gasteiger partial charge in [-0.05, 0) is 83.7 Å². The van der Waals surface area contributed by atoms with E-state index in [-0.39, 0.29) is 107 Å². The number of rotatable bonds is 28. The van der Waals surface area contributed by atoms with E-state index < -0.39 is 82.7 Å². The van der Waals surface area contributed by atoms with Gasteiger partial charge in [-0.15, -0.1) is 0 Å². The fourth-order valence-corrected chi connectivity index (χ4v) is 11.6. The molecule has 25 nitrogen and oxygen atoms in total.